The number of carboxylic acids is 1. The van der Waals surface area contributed by atoms with Gasteiger partial charge >= 0.3 is 5.97 Å². The molecule has 24 heavy (non-hydrogen) atoms. The molecule has 0 aromatic heterocycles. The van der Waals surface area contributed by atoms with Crippen LogP contribution in [0.4, 0.5) is 5.69 Å². The number of carboxylic acid groups (broad SMARTS) is 1. The summed E-state index contributed by atoms with van der Waals surface area (Å²) in [5.74, 6) is -0.502. The first-order valence-corrected chi connectivity index (χ1v) is 7.61. The number of hydrogen-bond acceptors (Lipinski definition) is 3. The van der Waals surface area contributed by atoms with Crippen molar-refractivity contribution in [1.82, 2.24) is 0 Å². The summed E-state index contributed by atoms with van der Waals surface area (Å²) in [5.41, 5.74) is 2.66. The first kappa shape index (κ1) is 15.8. The van der Waals surface area contributed by atoms with Crippen LogP contribution in [0, 0.1) is 0 Å². The number of ether oxygens (including phenoxy) is 1. The quantitative estimate of drug-likeness (QED) is 0.842. The molecule has 2 aromatic rings. The molecule has 1 aliphatic heterocycles. The highest BCUT2D eigenvalue weighted by atomic mass is 16.5. The lowest BCUT2D eigenvalue weighted by molar-refractivity contribution is -0.110. The van der Waals surface area contributed by atoms with Gasteiger partial charge in [0.1, 0.15) is 5.75 Å². The second-order valence-electron chi connectivity index (χ2n) is 5.81. The van der Waals surface area contributed by atoms with Crippen LogP contribution in [-0.4, -0.2) is 23.1 Å². The van der Waals surface area contributed by atoms with E-state index in [1.807, 2.05) is 38.1 Å². The van der Waals surface area contributed by atoms with Crippen LogP contribution in [0.3, 0.4) is 0 Å². The van der Waals surface area contributed by atoms with Gasteiger partial charge in [0, 0.05) is 16.8 Å². The topological polar surface area (TPSA) is 75.6 Å². The zero-order valence-corrected chi connectivity index (χ0v) is 13.4. The fraction of sp³-hybridized carbons (Fsp3) is 0.158. The van der Waals surface area contributed by atoms with Crippen LogP contribution in [0.1, 0.15) is 35.3 Å². The minimum atomic E-state index is -1.02. The van der Waals surface area contributed by atoms with Crippen LogP contribution in [-0.2, 0) is 4.79 Å². The second-order valence-corrected chi connectivity index (χ2v) is 5.81. The number of benzene rings is 2. The van der Waals surface area contributed by atoms with E-state index in [0.717, 1.165) is 11.3 Å². The smallest absolute Gasteiger partial charge is 0.335 e. The predicted molar refractivity (Wildman–Crippen MR) is 92.1 cm³/mol. The zero-order chi connectivity index (χ0) is 17.3. The third kappa shape index (κ3) is 3.15. The molecule has 0 bridgehead atoms. The Bertz CT molecular complexity index is 835. The highest BCUT2D eigenvalue weighted by Crippen LogP contribution is 2.34. The van der Waals surface area contributed by atoms with Gasteiger partial charge in [-0.3, -0.25) is 4.79 Å². The number of hydrogen-bond donors (Lipinski definition) is 2. The van der Waals surface area contributed by atoms with Crippen molar-refractivity contribution in [3.8, 4) is 5.75 Å². The molecule has 0 atom stereocenters. The van der Waals surface area contributed by atoms with Gasteiger partial charge in [0.15, 0.2) is 0 Å². The van der Waals surface area contributed by atoms with E-state index >= 15 is 0 Å². The Morgan fingerprint density at radius 3 is 2.50 bits per heavy atom. The molecule has 1 amide bonds. The van der Waals surface area contributed by atoms with E-state index in [1.165, 1.54) is 12.1 Å². The van der Waals surface area contributed by atoms with Crippen molar-refractivity contribution in [3.05, 3.63) is 59.2 Å². The van der Waals surface area contributed by atoms with Crippen molar-refractivity contribution in [1.29, 1.82) is 0 Å². The van der Waals surface area contributed by atoms with Gasteiger partial charge in [-0.2, -0.15) is 0 Å². The first-order chi connectivity index (χ1) is 11.4. The molecule has 0 aliphatic carbocycles. The van der Waals surface area contributed by atoms with E-state index in [0.29, 0.717) is 16.8 Å². The number of aromatic carboxylic acids is 1. The van der Waals surface area contributed by atoms with E-state index < -0.39 is 5.97 Å². The highest BCUT2D eigenvalue weighted by Gasteiger charge is 2.25. The summed E-state index contributed by atoms with van der Waals surface area (Å²) in [6.07, 6.45) is 1.84. The van der Waals surface area contributed by atoms with Crippen molar-refractivity contribution >= 4 is 29.2 Å². The standard InChI is InChI=1S/C19H17NO4/c1-11(2)24-14-6-3-12(4-7-14)9-16-15-10-13(19(22)23)5-8-17(15)20-18(16)21/h3-11H,1-2H3,(H,20,21)(H,22,23)/b16-9+. The summed E-state index contributed by atoms with van der Waals surface area (Å²) in [6.45, 7) is 3.91. The Hall–Kier alpha value is -3.08. The van der Waals surface area contributed by atoms with Crippen LogP contribution < -0.4 is 10.1 Å². The fourth-order valence-corrected chi connectivity index (χ4v) is 2.55. The summed E-state index contributed by atoms with van der Waals surface area (Å²) in [6, 6.07) is 12.0. The normalized spacial score (nSPS) is 14.6. The van der Waals surface area contributed by atoms with Gasteiger partial charge < -0.3 is 15.2 Å². The van der Waals surface area contributed by atoms with Gasteiger partial charge in [-0.15, -0.1) is 0 Å². The maximum absolute atomic E-state index is 12.2. The van der Waals surface area contributed by atoms with E-state index in [4.69, 9.17) is 9.84 Å². The summed E-state index contributed by atoms with van der Waals surface area (Å²) in [7, 11) is 0. The van der Waals surface area contributed by atoms with Crippen LogP contribution in [0.2, 0.25) is 0 Å². The van der Waals surface area contributed by atoms with Crippen molar-refractivity contribution in [3.63, 3.8) is 0 Å². The molecule has 0 saturated heterocycles. The van der Waals surface area contributed by atoms with E-state index in [9.17, 15) is 9.59 Å². The van der Waals surface area contributed by atoms with Crippen molar-refractivity contribution in [2.24, 2.45) is 0 Å². The molecule has 2 N–H and O–H groups in total. The molecule has 3 rings (SSSR count). The molecule has 122 valence electrons. The summed E-state index contributed by atoms with van der Waals surface area (Å²) < 4.78 is 5.59. The Labute approximate surface area is 139 Å². The minimum absolute atomic E-state index is 0.0936. The van der Waals surface area contributed by atoms with E-state index in [1.54, 1.807) is 12.1 Å². The van der Waals surface area contributed by atoms with Crippen LogP contribution in [0.5, 0.6) is 5.75 Å². The Balaban J connectivity index is 1.95. The monoisotopic (exact) mass is 323 g/mol. The molecule has 5 nitrogen and oxygen atoms in total. The van der Waals surface area contributed by atoms with Crippen LogP contribution >= 0.6 is 0 Å². The molecule has 0 unspecified atom stereocenters. The maximum atomic E-state index is 12.2. The summed E-state index contributed by atoms with van der Waals surface area (Å²) in [5, 5.41) is 11.9. The molecule has 0 radical (unpaired) electrons. The lowest BCUT2D eigenvalue weighted by atomic mass is 10.0. The Morgan fingerprint density at radius 1 is 1.17 bits per heavy atom. The number of rotatable bonds is 4. The average Bonchev–Trinajstić information content (AvgIpc) is 2.84. The highest BCUT2D eigenvalue weighted by molar-refractivity contribution is 6.35. The van der Waals surface area contributed by atoms with E-state index in [-0.39, 0.29) is 17.6 Å². The van der Waals surface area contributed by atoms with Crippen molar-refractivity contribution in [2.75, 3.05) is 5.32 Å². The van der Waals surface area contributed by atoms with Gasteiger partial charge in [-0.05, 0) is 55.8 Å². The largest absolute Gasteiger partial charge is 0.491 e. The molecule has 1 heterocycles. The lowest BCUT2D eigenvalue weighted by Crippen LogP contribution is -2.05. The number of amides is 1. The molecular formula is C19H17NO4. The molecule has 0 fully saturated rings. The first-order valence-electron chi connectivity index (χ1n) is 7.61. The van der Waals surface area contributed by atoms with Crippen molar-refractivity contribution < 1.29 is 19.4 Å². The minimum Gasteiger partial charge on any atom is -0.491 e. The third-order valence-corrected chi connectivity index (χ3v) is 3.61. The second kappa shape index (κ2) is 6.20. The summed E-state index contributed by atoms with van der Waals surface area (Å²) in [4.78, 5) is 23.3. The zero-order valence-electron chi connectivity index (χ0n) is 13.4. The van der Waals surface area contributed by atoms with Gasteiger partial charge in [-0.25, -0.2) is 4.79 Å². The summed E-state index contributed by atoms with van der Waals surface area (Å²) >= 11 is 0. The van der Waals surface area contributed by atoms with Gasteiger partial charge in [-0.1, -0.05) is 12.1 Å². The van der Waals surface area contributed by atoms with Crippen molar-refractivity contribution in [2.45, 2.75) is 20.0 Å². The number of nitrogens with one attached hydrogen (secondary N) is 1. The predicted octanol–water partition coefficient (Wildman–Crippen LogP) is 3.66. The molecule has 0 saturated carbocycles. The lowest BCUT2D eigenvalue weighted by Gasteiger charge is -2.09. The van der Waals surface area contributed by atoms with E-state index in [2.05, 4.69) is 5.32 Å². The molecule has 2 aromatic carbocycles. The van der Waals surface area contributed by atoms with Crippen LogP contribution in [0.15, 0.2) is 42.5 Å². The Morgan fingerprint density at radius 2 is 1.88 bits per heavy atom. The number of fused-ring (bicyclic) bond motifs is 1. The molecule has 0 spiro atoms. The SMILES string of the molecule is CC(C)Oc1ccc(/C=C2/C(=O)Nc3ccc(C(=O)O)cc32)cc1. The number of carbonyl (C=O) groups excluding carboxylic acids is 1. The van der Waals surface area contributed by atoms with Gasteiger partial charge in [0.05, 0.1) is 11.7 Å². The molecule has 1 aliphatic rings. The molecular weight excluding hydrogens is 306 g/mol. The maximum Gasteiger partial charge on any atom is 0.335 e. The fourth-order valence-electron chi connectivity index (χ4n) is 2.55. The number of carbonyl (C=O) groups is 2. The third-order valence-electron chi connectivity index (χ3n) is 3.61. The average molecular weight is 323 g/mol. The van der Waals surface area contributed by atoms with Gasteiger partial charge in [0.2, 0.25) is 0 Å². The van der Waals surface area contributed by atoms with Crippen LogP contribution in [0.25, 0.3) is 11.6 Å². The Kier molecular flexibility index (Phi) is 4.08. The van der Waals surface area contributed by atoms with Gasteiger partial charge in [0.25, 0.3) is 5.91 Å². The molecule has 5 heteroatoms. The number of anilines is 1.